The standard InChI is InChI=1S/C24H29ClN6O2S/c1-5-33-23-20(12-16-14-31(4)11-10-18(16)28-23)29-24-26-13-17(25)22(30-24)27-19-8-6-7-9-21(19)34(32)15(2)3/h6-9,12-13,15H,5,10-11,14H2,1-4H3,(H2,26,27,29,30). The summed E-state index contributed by atoms with van der Waals surface area (Å²) in [6, 6.07) is 9.50. The summed E-state index contributed by atoms with van der Waals surface area (Å²) < 4.78 is 18.6. The highest BCUT2D eigenvalue weighted by atomic mass is 35.5. The lowest BCUT2D eigenvalue weighted by atomic mass is 10.1. The molecule has 2 aromatic heterocycles. The van der Waals surface area contributed by atoms with Crippen molar-refractivity contribution < 1.29 is 9.29 Å². The molecule has 1 unspecified atom stereocenters. The van der Waals surface area contributed by atoms with Gasteiger partial charge in [0.05, 0.1) is 24.2 Å². The second kappa shape index (κ2) is 10.8. The minimum absolute atomic E-state index is 0.0198. The lowest BCUT2D eigenvalue weighted by molar-refractivity contribution is 0.301. The Hall–Kier alpha value is -2.59. The van der Waals surface area contributed by atoms with Crippen LogP contribution in [0.25, 0.3) is 0 Å². The summed E-state index contributed by atoms with van der Waals surface area (Å²) in [5.41, 5.74) is 3.60. The highest BCUT2D eigenvalue weighted by Gasteiger charge is 2.22. The van der Waals surface area contributed by atoms with Crippen LogP contribution >= 0.6 is 11.6 Å². The number of likely N-dealkylation sites (N-methyl/N-ethyl adjacent to an activating group) is 1. The van der Waals surface area contributed by atoms with E-state index in [9.17, 15) is 4.55 Å². The fourth-order valence-electron chi connectivity index (χ4n) is 3.69. The zero-order valence-electron chi connectivity index (χ0n) is 19.8. The molecule has 3 aromatic rings. The molecule has 1 aliphatic rings. The second-order valence-corrected chi connectivity index (χ2v) is 10.7. The minimum Gasteiger partial charge on any atom is -0.611 e. The molecule has 1 atom stereocenters. The summed E-state index contributed by atoms with van der Waals surface area (Å²) in [6.07, 6.45) is 2.41. The number of fused-ring (bicyclic) bond motifs is 1. The van der Waals surface area contributed by atoms with Crippen LogP contribution in [0.2, 0.25) is 5.02 Å². The van der Waals surface area contributed by atoms with E-state index < -0.39 is 11.2 Å². The normalized spacial score (nSPS) is 14.6. The summed E-state index contributed by atoms with van der Waals surface area (Å²) in [4.78, 5) is 16.6. The van der Waals surface area contributed by atoms with Crippen molar-refractivity contribution in [1.29, 1.82) is 0 Å². The molecule has 0 fully saturated rings. The molecule has 10 heteroatoms. The number of anilines is 4. The Morgan fingerprint density at radius 3 is 2.76 bits per heavy atom. The average molecular weight is 501 g/mol. The van der Waals surface area contributed by atoms with Gasteiger partial charge in [-0.15, -0.1) is 0 Å². The van der Waals surface area contributed by atoms with Gasteiger partial charge in [-0.3, -0.25) is 0 Å². The van der Waals surface area contributed by atoms with Crippen LogP contribution in [0.3, 0.4) is 0 Å². The van der Waals surface area contributed by atoms with Crippen molar-refractivity contribution in [3.05, 3.63) is 52.8 Å². The Morgan fingerprint density at radius 2 is 2.00 bits per heavy atom. The third kappa shape index (κ3) is 5.55. The molecule has 0 saturated carbocycles. The molecule has 0 aliphatic carbocycles. The van der Waals surface area contributed by atoms with Gasteiger partial charge >= 0.3 is 0 Å². The topological polar surface area (TPSA) is 98.3 Å². The SMILES string of the molecule is CCOc1nc2c(cc1Nc1ncc(Cl)c(Nc3ccccc3[S+]([O-])C(C)C)n1)CN(C)CC2. The number of nitrogens with one attached hydrogen (secondary N) is 2. The monoisotopic (exact) mass is 500 g/mol. The Balaban J connectivity index is 1.63. The zero-order chi connectivity index (χ0) is 24.2. The smallest absolute Gasteiger partial charge is 0.238 e. The van der Waals surface area contributed by atoms with Crippen LogP contribution in [0.5, 0.6) is 5.88 Å². The summed E-state index contributed by atoms with van der Waals surface area (Å²) in [7, 11) is 2.09. The van der Waals surface area contributed by atoms with Crippen molar-refractivity contribution in [2.45, 2.75) is 43.9 Å². The first-order chi connectivity index (χ1) is 16.4. The van der Waals surface area contributed by atoms with E-state index in [4.69, 9.17) is 21.3 Å². The molecule has 2 N–H and O–H groups in total. The summed E-state index contributed by atoms with van der Waals surface area (Å²) in [6.45, 7) is 8.06. The third-order valence-corrected chi connectivity index (χ3v) is 7.31. The predicted octanol–water partition coefficient (Wildman–Crippen LogP) is 4.91. The van der Waals surface area contributed by atoms with Crippen molar-refractivity contribution >= 4 is 45.9 Å². The van der Waals surface area contributed by atoms with E-state index in [1.807, 2.05) is 45.0 Å². The number of ether oxygens (including phenoxy) is 1. The summed E-state index contributed by atoms with van der Waals surface area (Å²) in [5.74, 6) is 1.29. The number of halogens is 1. The maximum absolute atomic E-state index is 12.8. The van der Waals surface area contributed by atoms with Gasteiger partial charge in [0.2, 0.25) is 11.8 Å². The predicted molar refractivity (Wildman–Crippen MR) is 137 cm³/mol. The third-order valence-electron chi connectivity index (χ3n) is 5.38. The molecular weight excluding hydrogens is 472 g/mol. The first-order valence-electron chi connectivity index (χ1n) is 11.3. The van der Waals surface area contributed by atoms with Crippen LogP contribution in [0.4, 0.5) is 23.1 Å². The minimum atomic E-state index is -1.17. The Morgan fingerprint density at radius 1 is 1.21 bits per heavy atom. The number of hydrogen-bond donors (Lipinski definition) is 2. The lowest BCUT2D eigenvalue weighted by Gasteiger charge is -2.25. The maximum atomic E-state index is 12.8. The number of para-hydroxylation sites is 1. The number of hydrogen-bond acceptors (Lipinski definition) is 8. The van der Waals surface area contributed by atoms with E-state index in [1.54, 1.807) is 0 Å². The van der Waals surface area contributed by atoms with Gasteiger partial charge in [0.15, 0.2) is 10.7 Å². The molecule has 8 nitrogen and oxygen atoms in total. The molecule has 0 spiro atoms. The van der Waals surface area contributed by atoms with Gasteiger partial charge < -0.3 is 24.8 Å². The van der Waals surface area contributed by atoms with E-state index in [2.05, 4.69) is 38.6 Å². The molecule has 1 aliphatic heterocycles. The number of rotatable bonds is 8. The van der Waals surface area contributed by atoms with Gasteiger partial charge in [0, 0.05) is 19.5 Å². The lowest BCUT2D eigenvalue weighted by Crippen LogP contribution is -2.27. The van der Waals surface area contributed by atoms with E-state index in [1.165, 1.54) is 6.20 Å². The van der Waals surface area contributed by atoms with Crippen LogP contribution in [-0.4, -0.2) is 49.9 Å². The van der Waals surface area contributed by atoms with E-state index in [0.717, 1.165) is 30.8 Å². The van der Waals surface area contributed by atoms with Crippen molar-refractivity contribution in [3.63, 3.8) is 0 Å². The van der Waals surface area contributed by atoms with Crippen LogP contribution in [0.1, 0.15) is 32.0 Å². The molecule has 4 rings (SSSR count). The fraction of sp³-hybridized carbons (Fsp3) is 0.375. The van der Waals surface area contributed by atoms with Gasteiger partial charge in [0.1, 0.15) is 16.0 Å². The molecule has 34 heavy (non-hydrogen) atoms. The van der Waals surface area contributed by atoms with E-state index in [0.29, 0.717) is 45.5 Å². The first kappa shape index (κ1) is 24.5. The number of benzene rings is 1. The van der Waals surface area contributed by atoms with Crippen LogP contribution in [-0.2, 0) is 24.1 Å². The maximum Gasteiger partial charge on any atom is 0.238 e. The van der Waals surface area contributed by atoms with Crippen molar-refractivity contribution in [2.75, 3.05) is 30.8 Å². The molecule has 1 aromatic carbocycles. The quantitative estimate of drug-likeness (QED) is 0.421. The number of aromatic nitrogens is 3. The molecule has 0 saturated heterocycles. The summed E-state index contributed by atoms with van der Waals surface area (Å²) >= 11 is 5.23. The molecule has 180 valence electrons. The van der Waals surface area contributed by atoms with Crippen LogP contribution in [0, 0.1) is 0 Å². The Kier molecular flexibility index (Phi) is 7.77. The van der Waals surface area contributed by atoms with Crippen molar-refractivity contribution in [3.8, 4) is 5.88 Å². The Bertz CT molecular complexity index is 1160. The van der Waals surface area contributed by atoms with Crippen LogP contribution < -0.4 is 15.4 Å². The van der Waals surface area contributed by atoms with Gasteiger partial charge in [0.25, 0.3) is 0 Å². The average Bonchev–Trinajstić information content (AvgIpc) is 2.81. The summed E-state index contributed by atoms with van der Waals surface area (Å²) in [5, 5.41) is 6.81. The Labute approximate surface area is 208 Å². The van der Waals surface area contributed by atoms with Crippen molar-refractivity contribution in [1.82, 2.24) is 19.9 Å². The first-order valence-corrected chi connectivity index (χ1v) is 12.8. The second-order valence-electron chi connectivity index (χ2n) is 8.35. The fourth-order valence-corrected chi connectivity index (χ4v) is 4.89. The number of nitrogens with zero attached hydrogens (tertiary/aromatic N) is 4. The van der Waals surface area contributed by atoms with Gasteiger partial charge in [-0.2, -0.15) is 4.98 Å². The zero-order valence-corrected chi connectivity index (χ0v) is 21.3. The molecule has 0 amide bonds. The van der Waals surface area contributed by atoms with Crippen molar-refractivity contribution in [2.24, 2.45) is 0 Å². The van der Waals surface area contributed by atoms with Gasteiger partial charge in [-0.25, -0.2) is 9.97 Å². The molecule has 3 heterocycles. The van der Waals surface area contributed by atoms with Gasteiger partial charge in [-0.05, 0) is 62.8 Å². The largest absolute Gasteiger partial charge is 0.611 e. The highest BCUT2D eigenvalue weighted by molar-refractivity contribution is 7.92. The van der Waals surface area contributed by atoms with E-state index in [-0.39, 0.29) is 5.25 Å². The molecule has 0 radical (unpaired) electrons. The van der Waals surface area contributed by atoms with E-state index >= 15 is 0 Å². The number of pyridine rings is 1. The van der Waals surface area contributed by atoms with Gasteiger partial charge in [-0.1, -0.05) is 23.7 Å². The highest BCUT2D eigenvalue weighted by Crippen LogP contribution is 2.33. The molecular formula is C24H29ClN6O2S. The molecule has 0 bridgehead atoms. The van der Waals surface area contributed by atoms with Crippen LogP contribution in [0.15, 0.2) is 41.4 Å².